The molecule has 0 aliphatic carbocycles. The van der Waals surface area contributed by atoms with E-state index < -0.39 is 7.82 Å². The Hall–Kier alpha value is -0.190. The smallest absolute Gasteiger partial charge is 0.392 e. The molecule has 0 aliphatic rings. The summed E-state index contributed by atoms with van der Waals surface area (Å²) >= 11 is 0. The highest BCUT2D eigenvalue weighted by Crippen LogP contribution is 2.35. The molecule has 0 heterocycles. The summed E-state index contributed by atoms with van der Waals surface area (Å²) < 4.78 is 14.4. The largest absolute Gasteiger partial charge is 0.469 e. The lowest BCUT2D eigenvalue weighted by molar-refractivity contribution is 0.214. The zero-order chi connectivity index (χ0) is 10.3. The van der Waals surface area contributed by atoms with Gasteiger partial charge in [0.25, 0.3) is 0 Å². The van der Waals surface area contributed by atoms with Gasteiger partial charge in [-0.1, -0.05) is 19.4 Å². The Morgan fingerprint density at radius 3 is 2.54 bits per heavy atom. The normalized spacial score (nSPS) is 13.4. The molecule has 0 rings (SSSR count). The van der Waals surface area contributed by atoms with E-state index in [1.165, 1.54) is 6.08 Å². The van der Waals surface area contributed by atoms with E-state index in [0.717, 1.165) is 12.0 Å². The SMILES string of the molecule is CCC/C(=C\COP(=O)(O)O)CO. The van der Waals surface area contributed by atoms with Crippen LogP contribution in [0.5, 0.6) is 0 Å². The van der Waals surface area contributed by atoms with Gasteiger partial charge in [-0.2, -0.15) is 0 Å². The summed E-state index contributed by atoms with van der Waals surface area (Å²) in [6, 6.07) is 0. The van der Waals surface area contributed by atoms with Crippen molar-refractivity contribution in [2.24, 2.45) is 0 Å². The first-order valence-corrected chi connectivity index (χ1v) is 5.51. The zero-order valence-corrected chi connectivity index (χ0v) is 8.41. The maximum Gasteiger partial charge on any atom is 0.469 e. The molecule has 6 heteroatoms. The fourth-order valence-electron chi connectivity index (χ4n) is 0.819. The van der Waals surface area contributed by atoms with E-state index in [1.807, 2.05) is 6.92 Å². The second kappa shape index (κ2) is 6.29. The Morgan fingerprint density at radius 2 is 2.15 bits per heavy atom. The van der Waals surface area contributed by atoms with Gasteiger partial charge in [-0.3, -0.25) is 4.52 Å². The molecular weight excluding hydrogens is 195 g/mol. The zero-order valence-electron chi connectivity index (χ0n) is 7.51. The van der Waals surface area contributed by atoms with Crippen molar-refractivity contribution in [2.75, 3.05) is 13.2 Å². The number of hydrogen-bond donors (Lipinski definition) is 3. The predicted molar refractivity (Wildman–Crippen MR) is 48.1 cm³/mol. The van der Waals surface area contributed by atoms with Crippen LogP contribution in [0, 0.1) is 0 Å². The van der Waals surface area contributed by atoms with E-state index in [0.29, 0.717) is 6.42 Å². The average molecular weight is 210 g/mol. The molecule has 13 heavy (non-hydrogen) atoms. The van der Waals surface area contributed by atoms with Gasteiger partial charge in [0, 0.05) is 0 Å². The number of hydrogen-bond acceptors (Lipinski definition) is 3. The maximum atomic E-state index is 10.2. The van der Waals surface area contributed by atoms with Crippen molar-refractivity contribution in [1.82, 2.24) is 0 Å². The summed E-state index contributed by atoms with van der Waals surface area (Å²) in [5.41, 5.74) is 0.732. The van der Waals surface area contributed by atoms with Crippen molar-refractivity contribution in [3.8, 4) is 0 Å². The highest BCUT2D eigenvalue weighted by molar-refractivity contribution is 7.46. The van der Waals surface area contributed by atoms with Crippen LogP contribution < -0.4 is 0 Å². The Morgan fingerprint density at radius 1 is 1.54 bits per heavy atom. The molecule has 0 aromatic rings. The van der Waals surface area contributed by atoms with E-state index in [-0.39, 0.29) is 13.2 Å². The summed E-state index contributed by atoms with van der Waals surface area (Å²) in [6.07, 6.45) is 3.08. The first-order valence-electron chi connectivity index (χ1n) is 3.98. The van der Waals surface area contributed by atoms with Crippen molar-refractivity contribution in [3.63, 3.8) is 0 Å². The second-order valence-electron chi connectivity index (χ2n) is 2.56. The van der Waals surface area contributed by atoms with Crippen molar-refractivity contribution >= 4 is 7.82 Å². The quantitative estimate of drug-likeness (QED) is 0.446. The van der Waals surface area contributed by atoms with Crippen LogP contribution in [-0.4, -0.2) is 28.1 Å². The highest BCUT2D eigenvalue weighted by Gasteiger charge is 2.11. The summed E-state index contributed by atoms with van der Waals surface area (Å²) in [5.74, 6) is 0. The topological polar surface area (TPSA) is 87.0 Å². The van der Waals surface area contributed by atoms with Gasteiger partial charge in [0.05, 0.1) is 13.2 Å². The average Bonchev–Trinajstić information content (AvgIpc) is 2.01. The van der Waals surface area contributed by atoms with Crippen LogP contribution >= 0.6 is 7.82 Å². The minimum Gasteiger partial charge on any atom is -0.392 e. The lowest BCUT2D eigenvalue weighted by Gasteiger charge is -2.04. The monoisotopic (exact) mass is 210 g/mol. The van der Waals surface area contributed by atoms with Crippen LogP contribution in [0.25, 0.3) is 0 Å². The van der Waals surface area contributed by atoms with Gasteiger partial charge in [-0.05, 0) is 12.0 Å². The van der Waals surface area contributed by atoms with Gasteiger partial charge in [0.1, 0.15) is 0 Å². The third-order valence-corrected chi connectivity index (χ3v) is 1.87. The van der Waals surface area contributed by atoms with Gasteiger partial charge in [0.15, 0.2) is 0 Å². The van der Waals surface area contributed by atoms with Gasteiger partial charge in [-0.25, -0.2) is 4.57 Å². The van der Waals surface area contributed by atoms with Gasteiger partial charge in [-0.15, -0.1) is 0 Å². The van der Waals surface area contributed by atoms with Crippen LogP contribution in [0.4, 0.5) is 0 Å². The second-order valence-corrected chi connectivity index (χ2v) is 3.80. The molecule has 0 spiro atoms. The number of rotatable bonds is 6. The van der Waals surface area contributed by atoms with Gasteiger partial charge < -0.3 is 14.9 Å². The van der Waals surface area contributed by atoms with Crippen molar-refractivity contribution in [3.05, 3.63) is 11.6 Å². The first-order chi connectivity index (χ1) is 5.99. The predicted octanol–water partition coefficient (Wildman–Crippen LogP) is 0.814. The van der Waals surface area contributed by atoms with Gasteiger partial charge >= 0.3 is 7.82 Å². The molecule has 3 N–H and O–H groups in total. The third kappa shape index (κ3) is 8.15. The summed E-state index contributed by atoms with van der Waals surface area (Å²) in [7, 11) is -4.38. The number of aliphatic hydroxyl groups excluding tert-OH is 1. The van der Waals surface area contributed by atoms with Crippen molar-refractivity contribution < 1.29 is 24.0 Å². The lowest BCUT2D eigenvalue weighted by atomic mass is 10.1. The molecule has 0 aromatic heterocycles. The summed E-state index contributed by atoms with van der Waals surface area (Å²) in [5, 5.41) is 8.77. The molecule has 0 radical (unpaired) electrons. The van der Waals surface area contributed by atoms with Crippen LogP contribution in [0.2, 0.25) is 0 Å². The standard InChI is InChI=1S/C7H15O5P/c1-2-3-7(6-8)4-5-12-13(9,10)11/h4,8H,2-3,5-6H2,1H3,(H2,9,10,11)/b7-4+. The highest BCUT2D eigenvalue weighted by atomic mass is 31.2. The summed E-state index contributed by atoms with van der Waals surface area (Å²) in [4.78, 5) is 16.7. The van der Waals surface area contributed by atoms with E-state index in [1.54, 1.807) is 0 Å². The molecule has 0 bridgehead atoms. The Bertz CT molecular complexity index is 207. The fraction of sp³-hybridized carbons (Fsp3) is 0.714. The molecule has 78 valence electrons. The Labute approximate surface area is 77.3 Å². The lowest BCUT2D eigenvalue weighted by Crippen LogP contribution is -1.94. The molecule has 0 fully saturated rings. The first kappa shape index (κ1) is 12.8. The van der Waals surface area contributed by atoms with Crippen LogP contribution in [0.3, 0.4) is 0 Å². The van der Waals surface area contributed by atoms with E-state index in [4.69, 9.17) is 14.9 Å². The molecule has 0 unspecified atom stereocenters. The number of aliphatic hydroxyl groups is 1. The minimum absolute atomic E-state index is 0.0989. The molecule has 0 atom stereocenters. The van der Waals surface area contributed by atoms with Gasteiger partial charge in [0.2, 0.25) is 0 Å². The van der Waals surface area contributed by atoms with Crippen LogP contribution in [-0.2, 0) is 9.09 Å². The van der Waals surface area contributed by atoms with Crippen LogP contribution in [0.1, 0.15) is 19.8 Å². The van der Waals surface area contributed by atoms with Crippen molar-refractivity contribution in [1.29, 1.82) is 0 Å². The summed E-state index contributed by atoms with van der Waals surface area (Å²) in [6.45, 7) is 1.69. The van der Waals surface area contributed by atoms with E-state index in [9.17, 15) is 4.57 Å². The Balaban J connectivity index is 3.86. The number of phosphoric ester groups is 1. The molecule has 0 aliphatic heterocycles. The molecular formula is C7H15O5P. The Kier molecular flexibility index (Phi) is 6.20. The minimum atomic E-state index is -4.38. The van der Waals surface area contributed by atoms with E-state index >= 15 is 0 Å². The molecule has 0 saturated carbocycles. The van der Waals surface area contributed by atoms with Crippen molar-refractivity contribution in [2.45, 2.75) is 19.8 Å². The molecule has 5 nitrogen and oxygen atoms in total. The van der Waals surface area contributed by atoms with Crippen LogP contribution in [0.15, 0.2) is 11.6 Å². The molecule has 0 saturated heterocycles. The third-order valence-electron chi connectivity index (χ3n) is 1.39. The molecule has 0 aromatic carbocycles. The fourth-order valence-corrected chi connectivity index (χ4v) is 1.09. The van der Waals surface area contributed by atoms with E-state index in [2.05, 4.69) is 4.52 Å². The number of phosphoric acid groups is 1. The molecule has 0 amide bonds. The maximum absolute atomic E-state index is 10.2.